The molecule has 1 N–H and O–H groups in total. The Balaban J connectivity index is 1.26. The van der Waals surface area contributed by atoms with Crippen LogP contribution in [-0.4, -0.2) is 32.9 Å². The van der Waals surface area contributed by atoms with Gasteiger partial charge in [-0.3, -0.25) is 4.79 Å². The van der Waals surface area contributed by atoms with E-state index < -0.39 is 6.04 Å². The first-order valence-corrected chi connectivity index (χ1v) is 10.4. The van der Waals surface area contributed by atoms with Crippen LogP contribution in [-0.2, 0) is 17.8 Å². The monoisotopic (exact) mass is 443 g/mol. The van der Waals surface area contributed by atoms with E-state index in [1.54, 1.807) is 6.07 Å². The second-order valence-electron chi connectivity index (χ2n) is 7.49. The Labute approximate surface area is 189 Å². The minimum absolute atomic E-state index is 0.208. The number of amides is 1. The third kappa shape index (κ3) is 4.93. The maximum Gasteiger partial charge on any atom is 0.249 e. The van der Waals surface area contributed by atoms with E-state index in [0.29, 0.717) is 36.0 Å². The minimum atomic E-state index is -0.587. The molecule has 0 saturated carbocycles. The van der Waals surface area contributed by atoms with Gasteiger partial charge in [0.1, 0.15) is 24.7 Å². The highest BCUT2D eigenvalue weighted by atomic mass is 16.7. The molecule has 0 saturated heterocycles. The Kier molecular flexibility index (Phi) is 5.83. The number of anilines is 1. The minimum Gasteiger partial charge on any atom is -0.489 e. The number of nitrogens with zero attached hydrogens (tertiary/aromatic N) is 4. The second kappa shape index (κ2) is 9.39. The molecule has 2 heterocycles. The number of hydrogen-bond donors (Lipinski definition) is 1. The zero-order valence-electron chi connectivity index (χ0n) is 17.6. The van der Waals surface area contributed by atoms with E-state index in [-0.39, 0.29) is 12.7 Å². The van der Waals surface area contributed by atoms with Gasteiger partial charge in [-0.1, -0.05) is 42.5 Å². The molecule has 9 heteroatoms. The van der Waals surface area contributed by atoms with Crippen LogP contribution in [0.2, 0.25) is 0 Å². The third-order valence-corrected chi connectivity index (χ3v) is 5.20. The molecule has 1 aliphatic rings. The number of nitrogens with one attached hydrogen (secondary N) is 1. The van der Waals surface area contributed by atoms with Gasteiger partial charge in [0.15, 0.2) is 11.5 Å². The smallest absolute Gasteiger partial charge is 0.249 e. The lowest BCUT2D eigenvalue weighted by Gasteiger charge is -2.17. The van der Waals surface area contributed by atoms with Crippen LogP contribution in [0.1, 0.15) is 17.2 Å². The Morgan fingerprint density at radius 1 is 1.00 bits per heavy atom. The lowest BCUT2D eigenvalue weighted by molar-refractivity contribution is -0.119. The zero-order chi connectivity index (χ0) is 22.5. The van der Waals surface area contributed by atoms with Gasteiger partial charge in [0.25, 0.3) is 0 Å². The number of carbonyl (C=O) groups excluding carboxylic acids is 1. The molecule has 9 nitrogen and oxygen atoms in total. The molecular formula is C24H21N5O4. The van der Waals surface area contributed by atoms with E-state index in [4.69, 9.17) is 14.2 Å². The number of hydrogen-bond acceptors (Lipinski definition) is 7. The Morgan fingerprint density at radius 3 is 2.70 bits per heavy atom. The summed E-state index contributed by atoms with van der Waals surface area (Å²) < 4.78 is 18.1. The zero-order valence-corrected chi connectivity index (χ0v) is 17.6. The molecule has 3 aromatic carbocycles. The number of benzene rings is 3. The third-order valence-electron chi connectivity index (χ3n) is 5.20. The lowest BCUT2D eigenvalue weighted by atomic mass is 10.1. The molecule has 0 spiro atoms. The molecule has 0 bridgehead atoms. The average molecular weight is 443 g/mol. The van der Waals surface area contributed by atoms with Crippen LogP contribution in [0.4, 0.5) is 5.69 Å². The fourth-order valence-corrected chi connectivity index (χ4v) is 3.55. The lowest BCUT2D eigenvalue weighted by Crippen LogP contribution is -2.28. The average Bonchev–Trinajstić information content (AvgIpc) is 3.54. The van der Waals surface area contributed by atoms with Crippen molar-refractivity contribution in [3.8, 4) is 17.2 Å². The van der Waals surface area contributed by atoms with E-state index in [9.17, 15) is 4.79 Å². The van der Waals surface area contributed by atoms with Crippen molar-refractivity contribution in [2.24, 2.45) is 0 Å². The summed E-state index contributed by atoms with van der Waals surface area (Å²) >= 11 is 0. The van der Waals surface area contributed by atoms with Crippen molar-refractivity contribution < 1.29 is 19.0 Å². The summed E-state index contributed by atoms with van der Waals surface area (Å²) in [7, 11) is 0. The Hall–Kier alpha value is -4.40. The van der Waals surface area contributed by atoms with Crippen molar-refractivity contribution in [3.05, 3.63) is 90.3 Å². The maximum atomic E-state index is 13.1. The highest BCUT2D eigenvalue weighted by Gasteiger charge is 2.22. The number of fused-ring (bicyclic) bond motifs is 1. The summed E-state index contributed by atoms with van der Waals surface area (Å²) in [5.41, 5.74) is 2.59. The molecule has 0 radical (unpaired) electrons. The number of tetrazole rings is 1. The van der Waals surface area contributed by atoms with Gasteiger partial charge in [-0.25, -0.2) is 4.68 Å². The summed E-state index contributed by atoms with van der Waals surface area (Å²) in [4.78, 5) is 13.1. The summed E-state index contributed by atoms with van der Waals surface area (Å²) in [5.74, 6) is 1.84. The van der Waals surface area contributed by atoms with Crippen molar-refractivity contribution in [2.45, 2.75) is 19.1 Å². The van der Waals surface area contributed by atoms with Gasteiger partial charge in [0, 0.05) is 18.2 Å². The summed E-state index contributed by atoms with van der Waals surface area (Å²) in [5, 5.41) is 14.3. The van der Waals surface area contributed by atoms with Crippen molar-refractivity contribution in [1.29, 1.82) is 0 Å². The number of aromatic nitrogens is 4. The van der Waals surface area contributed by atoms with Gasteiger partial charge >= 0.3 is 0 Å². The van der Waals surface area contributed by atoms with Crippen molar-refractivity contribution >= 4 is 11.6 Å². The topological polar surface area (TPSA) is 100 Å². The molecular weight excluding hydrogens is 422 g/mol. The van der Waals surface area contributed by atoms with Gasteiger partial charge in [-0.2, -0.15) is 0 Å². The molecule has 1 aromatic heterocycles. The first-order valence-electron chi connectivity index (χ1n) is 10.4. The van der Waals surface area contributed by atoms with Crippen LogP contribution in [0.25, 0.3) is 0 Å². The molecule has 5 rings (SSSR count). The second-order valence-corrected chi connectivity index (χ2v) is 7.49. The van der Waals surface area contributed by atoms with Gasteiger partial charge in [-0.05, 0) is 45.8 Å². The molecule has 166 valence electrons. The Bertz CT molecular complexity index is 1230. The van der Waals surface area contributed by atoms with Gasteiger partial charge in [0.2, 0.25) is 12.7 Å². The normalized spacial score (nSPS) is 12.8. The first kappa shape index (κ1) is 20.5. The maximum absolute atomic E-state index is 13.1. The van der Waals surface area contributed by atoms with Gasteiger partial charge < -0.3 is 19.5 Å². The number of ether oxygens (including phenoxy) is 3. The molecule has 1 atom stereocenters. The van der Waals surface area contributed by atoms with Crippen molar-refractivity contribution in [2.75, 3.05) is 12.1 Å². The predicted molar refractivity (Wildman–Crippen MR) is 119 cm³/mol. The molecule has 1 unspecified atom stereocenters. The highest BCUT2D eigenvalue weighted by molar-refractivity contribution is 5.93. The van der Waals surface area contributed by atoms with Crippen LogP contribution >= 0.6 is 0 Å². The fourth-order valence-electron chi connectivity index (χ4n) is 3.55. The largest absolute Gasteiger partial charge is 0.489 e. The van der Waals surface area contributed by atoms with Crippen molar-refractivity contribution in [1.82, 2.24) is 20.2 Å². The summed E-state index contributed by atoms with van der Waals surface area (Å²) in [6, 6.07) is 22.1. The standard InChI is InChI=1S/C24H21N5O4/c30-24(21(29-15-25-27-28-29)12-17-5-2-1-3-6-17)26-19-8-4-7-18(11-19)14-31-20-9-10-22-23(13-20)33-16-32-22/h1-11,13,15,21H,12,14,16H2,(H,26,30). The quantitative estimate of drug-likeness (QED) is 0.445. The molecule has 1 amide bonds. The number of rotatable bonds is 8. The molecule has 0 aliphatic carbocycles. The summed E-state index contributed by atoms with van der Waals surface area (Å²) in [6.07, 6.45) is 1.91. The molecule has 4 aromatic rings. The molecule has 0 fully saturated rings. The van der Waals surface area contributed by atoms with E-state index in [0.717, 1.165) is 11.1 Å². The van der Waals surface area contributed by atoms with Gasteiger partial charge in [-0.15, -0.1) is 5.10 Å². The van der Waals surface area contributed by atoms with E-state index in [1.807, 2.05) is 66.7 Å². The van der Waals surface area contributed by atoms with Crippen LogP contribution < -0.4 is 19.5 Å². The van der Waals surface area contributed by atoms with Crippen LogP contribution in [0, 0.1) is 0 Å². The van der Waals surface area contributed by atoms with E-state index in [1.165, 1.54) is 11.0 Å². The van der Waals surface area contributed by atoms with Crippen LogP contribution in [0.3, 0.4) is 0 Å². The van der Waals surface area contributed by atoms with Crippen LogP contribution in [0.15, 0.2) is 79.1 Å². The van der Waals surface area contributed by atoms with Gasteiger partial charge in [0.05, 0.1) is 0 Å². The Morgan fingerprint density at radius 2 is 1.85 bits per heavy atom. The summed E-state index contributed by atoms with van der Waals surface area (Å²) in [6.45, 7) is 0.556. The molecule has 33 heavy (non-hydrogen) atoms. The van der Waals surface area contributed by atoms with E-state index in [2.05, 4.69) is 20.8 Å². The predicted octanol–water partition coefficient (Wildman–Crippen LogP) is 3.40. The van der Waals surface area contributed by atoms with E-state index >= 15 is 0 Å². The number of carbonyl (C=O) groups is 1. The first-order chi connectivity index (χ1) is 16.2. The molecule has 1 aliphatic heterocycles. The van der Waals surface area contributed by atoms with Crippen molar-refractivity contribution in [3.63, 3.8) is 0 Å². The fraction of sp³-hybridized carbons (Fsp3) is 0.167. The van der Waals surface area contributed by atoms with Crippen LogP contribution in [0.5, 0.6) is 17.2 Å². The highest BCUT2D eigenvalue weighted by Crippen LogP contribution is 2.35. The SMILES string of the molecule is O=C(Nc1cccc(COc2ccc3c(c2)OCO3)c1)C(Cc1ccccc1)n1cnnn1.